The molecule has 84 valence electrons. The molecule has 0 saturated heterocycles. The molecule has 1 N–H and O–H groups in total. The van der Waals surface area contributed by atoms with E-state index in [-0.39, 0.29) is 5.82 Å². The molecule has 0 aliphatic carbocycles. The van der Waals surface area contributed by atoms with E-state index < -0.39 is 0 Å². The van der Waals surface area contributed by atoms with Crippen LogP contribution < -0.4 is 5.32 Å². The number of nitrogens with one attached hydrogen (secondary N) is 1. The molecule has 1 rings (SSSR count). The maximum Gasteiger partial charge on any atom is 0.186 e. The van der Waals surface area contributed by atoms with Crippen molar-refractivity contribution in [3.8, 4) is 0 Å². The Labute approximate surface area is 93.9 Å². The Hall–Kier alpha value is -0.840. The number of aryl methyl sites for hydroxylation is 1. The Morgan fingerprint density at radius 3 is 2.73 bits per heavy atom. The molecule has 0 amide bonds. The molecule has 1 aromatic heterocycles. The van der Waals surface area contributed by atoms with Gasteiger partial charge in [-0.05, 0) is 19.6 Å². The number of hydrogen-bond donors (Lipinski definition) is 1. The van der Waals surface area contributed by atoms with Crippen molar-refractivity contribution in [1.82, 2.24) is 9.97 Å². The number of anilines is 1. The van der Waals surface area contributed by atoms with Crippen molar-refractivity contribution < 1.29 is 4.39 Å². The minimum Gasteiger partial charge on any atom is -0.368 e. The Morgan fingerprint density at radius 1 is 1.40 bits per heavy atom. The van der Waals surface area contributed by atoms with Crippen LogP contribution in [0.1, 0.15) is 24.9 Å². The van der Waals surface area contributed by atoms with Crippen LogP contribution >= 0.6 is 11.8 Å². The van der Waals surface area contributed by atoms with Crippen molar-refractivity contribution in [2.75, 3.05) is 18.1 Å². The van der Waals surface area contributed by atoms with Crippen LogP contribution in [0.15, 0.2) is 0 Å². The van der Waals surface area contributed by atoms with Crippen LogP contribution in [0.5, 0.6) is 0 Å². The van der Waals surface area contributed by atoms with Crippen molar-refractivity contribution in [3.63, 3.8) is 0 Å². The fourth-order valence-electron chi connectivity index (χ4n) is 1.17. The van der Waals surface area contributed by atoms with Crippen molar-refractivity contribution in [2.45, 2.75) is 26.0 Å². The van der Waals surface area contributed by atoms with Crippen molar-refractivity contribution in [1.29, 1.82) is 0 Å². The van der Waals surface area contributed by atoms with Crippen LogP contribution in [0, 0.1) is 12.7 Å². The van der Waals surface area contributed by atoms with Crippen LogP contribution in [-0.2, 0) is 5.75 Å². The summed E-state index contributed by atoms with van der Waals surface area (Å²) < 4.78 is 13.6. The summed E-state index contributed by atoms with van der Waals surface area (Å²) >= 11 is 1.63. The van der Waals surface area contributed by atoms with Gasteiger partial charge in [-0.1, -0.05) is 6.92 Å². The first-order valence-corrected chi connectivity index (χ1v) is 6.34. The zero-order valence-electron chi connectivity index (χ0n) is 9.30. The van der Waals surface area contributed by atoms with E-state index in [9.17, 15) is 4.39 Å². The van der Waals surface area contributed by atoms with E-state index in [1.807, 2.05) is 13.2 Å². The SMILES string of the molecule is CCCNc1nc(CSC)nc(C)c1F. The monoisotopic (exact) mass is 229 g/mol. The van der Waals surface area contributed by atoms with E-state index in [0.717, 1.165) is 13.0 Å². The molecule has 0 unspecified atom stereocenters. The van der Waals surface area contributed by atoms with Gasteiger partial charge in [0.15, 0.2) is 11.6 Å². The molecule has 0 aliphatic heterocycles. The van der Waals surface area contributed by atoms with Crippen molar-refractivity contribution >= 4 is 17.6 Å². The summed E-state index contributed by atoms with van der Waals surface area (Å²) in [5.74, 6) is 1.38. The van der Waals surface area contributed by atoms with E-state index in [1.165, 1.54) is 0 Å². The van der Waals surface area contributed by atoms with E-state index in [2.05, 4.69) is 15.3 Å². The van der Waals surface area contributed by atoms with Gasteiger partial charge in [-0.2, -0.15) is 11.8 Å². The molecule has 15 heavy (non-hydrogen) atoms. The third-order valence-corrected chi connectivity index (χ3v) is 2.43. The highest BCUT2D eigenvalue weighted by Crippen LogP contribution is 2.15. The smallest absolute Gasteiger partial charge is 0.186 e. The summed E-state index contributed by atoms with van der Waals surface area (Å²) in [7, 11) is 0. The average Bonchev–Trinajstić information content (AvgIpc) is 2.21. The first-order chi connectivity index (χ1) is 7.19. The molecule has 0 spiro atoms. The Kier molecular flexibility index (Phi) is 4.81. The number of aromatic nitrogens is 2. The minimum absolute atomic E-state index is 0.327. The molecule has 0 aliphatic rings. The summed E-state index contributed by atoms with van der Waals surface area (Å²) in [4.78, 5) is 8.23. The fourth-order valence-corrected chi connectivity index (χ4v) is 1.56. The number of hydrogen-bond acceptors (Lipinski definition) is 4. The fraction of sp³-hybridized carbons (Fsp3) is 0.600. The number of thioether (sulfide) groups is 1. The third-order valence-electron chi connectivity index (χ3n) is 1.88. The van der Waals surface area contributed by atoms with E-state index in [0.29, 0.717) is 23.1 Å². The van der Waals surface area contributed by atoms with Gasteiger partial charge in [0.05, 0.1) is 11.4 Å². The molecule has 1 aromatic rings. The van der Waals surface area contributed by atoms with Gasteiger partial charge in [-0.25, -0.2) is 14.4 Å². The van der Waals surface area contributed by atoms with Gasteiger partial charge < -0.3 is 5.32 Å². The van der Waals surface area contributed by atoms with Crippen LogP contribution in [0.3, 0.4) is 0 Å². The lowest BCUT2D eigenvalue weighted by Crippen LogP contribution is -2.09. The Morgan fingerprint density at radius 2 is 2.13 bits per heavy atom. The highest BCUT2D eigenvalue weighted by Gasteiger charge is 2.10. The van der Waals surface area contributed by atoms with E-state index >= 15 is 0 Å². The molecular formula is C10H16FN3S. The lowest BCUT2D eigenvalue weighted by Gasteiger charge is -2.08. The van der Waals surface area contributed by atoms with Gasteiger partial charge in [0.2, 0.25) is 0 Å². The van der Waals surface area contributed by atoms with E-state index in [1.54, 1.807) is 18.7 Å². The summed E-state index contributed by atoms with van der Waals surface area (Å²) in [6.07, 6.45) is 2.92. The Bertz CT molecular complexity index is 331. The summed E-state index contributed by atoms with van der Waals surface area (Å²) in [5, 5.41) is 2.97. The molecule has 3 nitrogen and oxygen atoms in total. The largest absolute Gasteiger partial charge is 0.368 e. The predicted molar refractivity (Wildman–Crippen MR) is 62.7 cm³/mol. The molecule has 0 radical (unpaired) electrons. The minimum atomic E-state index is -0.340. The van der Waals surface area contributed by atoms with Gasteiger partial charge in [0.25, 0.3) is 0 Å². The molecule has 0 fully saturated rings. The summed E-state index contributed by atoms with van der Waals surface area (Å²) in [5.41, 5.74) is 0.410. The first kappa shape index (κ1) is 12.2. The van der Waals surface area contributed by atoms with Crippen LogP contribution in [-0.4, -0.2) is 22.8 Å². The molecule has 0 atom stereocenters. The second kappa shape index (κ2) is 5.90. The standard InChI is InChI=1S/C10H16FN3S/c1-4-5-12-10-9(11)7(2)13-8(14-10)6-15-3/h4-6H2,1-3H3,(H,12,13,14). The van der Waals surface area contributed by atoms with Crippen LogP contribution in [0.2, 0.25) is 0 Å². The lowest BCUT2D eigenvalue weighted by atomic mass is 10.3. The maximum atomic E-state index is 13.6. The molecule has 0 aromatic carbocycles. The topological polar surface area (TPSA) is 37.8 Å². The number of nitrogens with zero attached hydrogens (tertiary/aromatic N) is 2. The average molecular weight is 229 g/mol. The maximum absolute atomic E-state index is 13.6. The Balaban J connectivity index is 2.91. The molecule has 5 heteroatoms. The van der Waals surface area contributed by atoms with E-state index in [4.69, 9.17) is 0 Å². The van der Waals surface area contributed by atoms with Gasteiger partial charge in [-0.15, -0.1) is 0 Å². The molecule has 0 saturated carbocycles. The highest BCUT2D eigenvalue weighted by molar-refractivity contribution is 7.97. The zero-order chi connectivity index (χ0) is 11.3. The van der Waals surface area contributed by atoms with Gasteiger partial charge in [-0.3, -0.25) is 0 Å². The summed E-state index contributed by atoms with van der Waals surface area (Å²) in [6, 6.07) is 0. The van der Waals surface area contributed by atoms with Gasteiger partial charge >= 0.3 is 0 Å². The van der Waals surface area contributed by atoms with Crippen molar-refractivity contribution in [2.24, 2.45) is 0 Å². The number of rotatable bonds is 5. The lowest BCUT2D eigenvalue weighted by molar-refractivity contribution is 0.601. The summed E-state index contributed by atoms with van der Waals surface area (Å²) in [6.45, 7) is 4.42. The second-order valence-corrected chi connectivity index (χ2v) is 4.11. The van der Waals surface area contributed by atoms with Gasteiger partial charge in [0, 0.05) is 6.54 Å². The van der Waals surface area contributed by atoms with Crippen molar-refractivity contribution in [3.05, 3.63) is 17.3 Å². The third kappa shape index (κ3) is 3.34. The molecule has 0 bridgehead atoms. The predicted octanol–water partition coefficient (Wildman–Crippen LogP) is 2.61. The quantitative estimate of drug-likeness (QED) is 0.842. The van der Waals surface area contributed by atoms with Gasteiger partial charge in [0.1, 0.15) is 5.82 Å². The first-order valence-electron chi connectivity index (χ1n) is 4.94. The second-order valence-electron chi connectivity index (χ2n) is 3.25. The normalized spacial score (nSPS) is 10.4. The molecule has 1 heterocycles. The highest BCUT2D eigenvalue weighted by atomic mass is 32.2. The van der Waals surface area contributed by atoms with Crippen LogP contribution in [0.25, 0.3) is 0 Å². The zero-order valence-corrected chi connectivity index (χ0v) is 10.1. The molecular weight excluding hydrogens is 213 g/mol. The van der Waals surface area contributed by atoms with Crippen LogP contribution in [0.4, 0.5) is 10.2 Å². The number of halogens is 1.